The van der Waals surface area contributed by atoms with Crippen molar-refractivity contribution in [2.24, 2.45) is 0 Å². The molecule has 134 valence electrons. The summed E-state index contributed by atoms with van der Waals surface area (Å²) in [6, 6.07) is 9.12. The molecule has 0 bridgehead atoms. The molecule has 1 amide bonds. The Labute approximate surface area is 152 Å². The van der Waals surface area contributed by atoms with Crippen LogP contribution in [-0.2, 0) is 11.3 Å². The average molecular weight is 364 g/mol. The Balaban J connectivity index is 1.43. The Morgan fingerprint density at radius 3 is 2.85 bits per heavy atom. The highest BCUT2D eigenvalue weighted by Crippen LogP contribution is 2.20. The summed E-state index contributed by atoms with van der Waals surface area (Å²) in [6.07, 6.45) is 6.41. The predicted molar refractivity (Wildman–Crippen MR) is 93.8 cm³/mol. The third-order valence-electron chi connectivity index (χ3n) is 3.65. The Morgan fingerprint density at radius 1 is 1.22 bits per heavy atom. The lowest BCUT2D eigenvalue weighted by Gasteiger charge is -2.05. The van der Waals surface area contributed by atoms with Crippen LogP contribution < -0.4 is 5.32 Å². The van der Waals surface area contributed by atoms with Gasteiger partial charge in [-0.15, -0.1) is 0 Å². The Hall–Kier alpha value is -3.88. The van der Waals surface area contributed by atoms with E-state index in [1.807, 2.05) is 6.07 Å². The number of carbonyl (C=O) groups excluding carboxylic acids is 1. The van der Waals surface area contributed by atoms with Crippen LogP contribution in [0, 0.1) is 5.82 Å². The zero-order chi connectivity index (χ0) is 18.6. The van der Waals surface area contributed by atoms with Gasteiger partial charge in [0.05, 0.1) is 11.9 Å². The average Bonchev–Trinajstić information content (AvgIpc) is 3.34. The van der Waals surface area contributed by atoms with Gasteiger partial charge in [-0.2, -0.15) is 4.98 Å². The number of carbonyl (C=O) groups is 1. The smallest absolute Gasteiger partial charge is 0.259 e. The molecule has 0 radical (unpaired) electrons. The van der Waals surface area contributed by atoms with Crippen LogP contribution in [0.15, 0.2) is 65.8 Å². The summed E-state index contributed by atoms with van der Waals surface area (Å²) >= 11 is 0. The molecule has 1 N–H and O–H groups in total. The van der Waals surface area contributed by atoms with Gasteiger partial charge in [-0.25, -0.2) is 9.37 Å². The second-order valence-electron chi connectivity index (χ2n) is 5.65. The lowest BCUT2D eigenvalue weighted by Crippen LogP contribution is -2.17. The number of hydrogen-bond acceptors (Lipinski definition) is 6. The molecular weight excluding hydrogens is 351 g/mol. The van der Waals surface area contributed by atoms with Crippen molar-refractivity contribution in [3.05, 3.63) is 67.1 Å². The van der Waals surface area contributed by atoms with Crippen LogP contribution in [0.4, 0.5) is 10.1 Å². The van der Waals surface area contributed by atoms with Crippen molar-refractivity contribution in [2.75, 3.05) is 5.32 Å². The van der Waals surface area contributed by atoms with E-state index in [2.05, 4.69) is 25.4 Å². The van der Waals surface area contributed by atoms with Crippen LogP contribution in [-0.4, -0.2) is 30.6 Å². The van der Waals surface area contributed by atoms with Crippen LogP contribution in [0.3, 0.4) is 0 Å². The number of nitrogens with one attached hydrogen (secondary N) is 1. The van der Waals surface area contributed by atoms with Gasteiger partial charge < -0.3 is 14.4 Å². The van der Waals surface area contributed by atoms with Crippen molar-refractivity contribution in [1.82, 2.24) is 24.7 Å². The molecule has 0 spiro atoms. The van der Waals surface area contributed by atoms with Crippen LogP contribution in [0.1, 0.15) is 0 Å². The summed E-state index contributed by atoms with van der Waals surface area (Å²) in [5.74, 6) is 0.0148. The number of aromatic nitrogens is 5. The number of rotatable bonds is 5. The minimum atomic E-state index is -0.363. The van der Waals surface area contributed by atoms with Crippen molar-refractivity contribution < 1.29 is 13.7 Å². The molecule has 0 unspecified atom stereocenters. The molecule has 3 aromatic heterocycles. The summed E-state index contributed by atoms with van der Waals surface area (Å²) in [7, 11) is 0. The number of benzene rings is 1. The number of hydrogen-bond donors (Lipinski definition) is 1. The molecule has 0 atom stereocenters. The zero-order valence-electron chi connectivity index (χ0n) is 13.9. The second-order valence-corrected chi connectivity index (χ2v) is 5.65. The van der Waals surface area contributed by atoms with Crippen molar-refractivity contribution in [3.63, 3.8) is 0 Å². The largest absolute Gasteiger partial charge is 0.333 e. The van der Waals surface area contributed by atoms with Crippen molar-refractivity contribution in [1.29, 1.82) is 0 Å². The van der Waals surface area contributed by atoms with Gasteiger partial charge in [0.1, 0.15) is 18.1 Å². The van der Waals surface area contributed by atoms with Gasteiger partial charge in [0.25, 0.3) is 5.89 Å². The number of pyridine rings is 1. The minimum Gasteiger partial charge on any atom is -0.333 e. The molecule has 3 heterocycles. The van der Waals surface area contributed by atoms with E-state index in [1.54, 1.807) is 29.2 Å². The van der Waals surface area contributed by atoms with Gasteiger partial charge in [-0.05, 0) is 36.4 Å². The minimum absolute atomic E-state index is 0.0394. The quantitative estimate of drug-likeness (QED) is 0.585. The lowest BCUT2D eigenvalue weighted by molar-refractivity contribution is -0.116. The van der Waals surface area contributed by atoms with Crippen LogP contribution in [0.2, 0.25) is 0 Å². The van der Waals surface area contributed by atoms with Gasteiger partial charge in [0.15, 0.2) is 0 Å². The van der Waals surface area contributed by atoms with Gasteiger partial charge in [-0.1, -0.05) is 5.16 Å². The molecule has 0 saturated carbocycles. The summed E-state index contributed by atoms with van der Waals surface area (Å²) in [5.41, 5.74) is 1.69. The molecule has 0 aliphatic rings. The first-order chi connectivity index (χ1) is 13.2. The molecule has 4 rings (SSSR count). The monoisotopic (exact) mass is 364 g/mol. The number of amides is 1. The summed E-state index contributed by atoms with van der Waals surface area (Å²) < 4.78 is 19.7. The number of nitrogens with zero attached hydrogens (tertiary/aromatic N) is 5. The van der Waals surface area contributed by atoms with E-state index in [0.717, 1.165) is 0 Å². The third-order valence-corrected chi connectivity index (χ3v) is 3.65. The third kappa shape index (κ3) is 3.87. The van der Waals surface area contributed by atoms with Gasteiger partial charge in [-0.3, -0.25) is 9.78 Å². The van der Waals surface area contributed by atoms with E-state index < -0.39 is 0 Å². The molecule has 4 aromatic rings. The van der Waals surface area contributed by atoms with Gasteiger partial charge >= 0.3 is 0 Å². The summed E-state index contributed by atoms with van der Waals surface area (Å²) in [5, 5.41) is 6.59. The van der Waals surface area contributed by atoms with Gasteiger partial charge in [0.2, 0.25) is 11.7 Å². The number of halogens is 1. The van der Waals surface area contributed by atoms with E-state index in [4.69, 9.17) is 4.52 Å². The normalized spacial score (nSPS) is 10.7. The standard InChI is InChI=1S/C18H13FN6O2/c19-13-3-5-14(6-4-13)22-16(26)10-25-9-15(21-11-25)17-23-18(27-24-17)12-2-1-7-20-8-12/h1-9,11H,10H2,(H,22,26). The van der Waals surface area contributed by atoms with Gasteiger partial charge in [0, 0.05) is 24.3 Å². The highest BCUT2D eigenvalue weighted by molar-refractivity contribution is 5.90. The maximum absolute atomic E-state index is 12.9. The SMILES string of the molecule is O=C(Cn1cnc(-c2noc(-c3cccnc3)n2)c1)Nc1ccc(F)cc1. The van der Waals surface area contributed by atoms with Crippen LogP contribution in [0.5, 0.6) is 0 Å². The van der Waals surface area contributed by atoms with Crippen molar-refractivity contribution >= 4 is 11.6 Å². The van der Waals surface area contributed by atoms with Crippen LogP contribution >= 0.6 is 0 Å². The summed E-state index contributed by atoms with van der Waals surface area (Å²) in [4.78, 5) is 24.6. The maximum atomic E-state index is 12.9. The Kier molecular flexibility index (Phi) is 4.40. The number of anilines is 1. The lowest BCUT2D eigenvalue weighted by atomic mass is 10.3. The fraction of sp³-hybridized carbons (Fsp3) is 0.0556. The Bertz CT molecular complexity index is 1060. The van der Waals surface area contributed by atoms with E-state index in [9.17, 15) is 9.18 Å². The molecule has 0 aliphatic heterocycles. The first-order valence-electron chi connectivity index (χ1n) is 7.99. The molecule has 0 aliphatic carbocycles. The fourth-order valence-corrected chi connectivity index (χ4v) is 2.40. The molecule has 9 heteroatoms. The second kappa shape index (κ2) is 7.16. The highest BCUT2D eigenvalue weighted by Gasteiger charge is 2.13. The fourth-order valence-electron chi connectivity index (χ4n) is 2.40. The van der Waals surface area contributed by atoms with Crippen molar-refractivity contribution in [3.8, 4) is 23.0 Å². The van der Waals surface area contributed by atoms with Crippen LogP contribution in [0.25, 0.3) is 23.0 Å². The number of imidazole rings is 1. The first-order valence-corrected chi connectivity index (χ1v) is 7.99. The molecule has 0 saturated heterocycles. The molecular formula is C18H13FN6O2. The topological polar surface area (TPSA) is 98.7 Å². The Morgan fingerprint density at radius 2 is 2.07 bits per heavy atom. The first kappa shape index (κ1) is 16.6. The maximum Gasteiger partial charge on any atom is 0.259 e. The van der Waals surface area contributed by atoms with E-state index in [0.29, 0.717) is 28.7 Å². The molecule has 1 aromatic carbocycles. The predicted octanol–water partition coefficient (Wildman–Crippen LogP) is 2.77. The van der Waals surface area contributed by atoms with E-state index >= 15 is 0 Å². The zero-order valence-corrected chi connectivity index (χ0v) is 13.9. The molecule has 27 heavy (non-hydrogen) atoms. The highest BCUT2D eigenvalue weighted by atomic mass is 19.1. The molecule has 8 nitrogen and oxygen atoms in total. The van der Waals surface area contributed by atoms with E-state index in [-0.39, 0.29) is 18.3 Å². The summed E-state index contributed by atoms with van der Waals surface area (Å²) in [6.45, 7) is 0.0394. The van der Waals surface area contributed by atoms with E-state index in [1.165, 1.54) is 30.6 Å². The molecule has 0 fully saturated rings. The van der Waals surface area contributed by atoms with Crippen molar-refractivity contribution in [2.45, 2.75) is 6.54 Å².